The molecule has 0 heterocycles. The first-order valence-corrected chi connectivity index (χ1v) is 6.55. The van der Waals surface area contributed by atoms with Crippen molar-refractivity contribution in [2.24, 2.45) is 0 Å². The van der Waals surface area contributed by atoms with Crippen LogP contribution >= 0.6 is 22.6 Å². The Labute approximate surface area is 115 Å². The van der Waals surface area contributed by atoms with E-state index in [1.54, 1.807) is 0 Å². The fraction of sp³-hybridized carbons (Fsp3) is 0.308. The van der Waals surface area contributed by atoms with Crippen molar-refractivity contribution >= 4 is 28.5 Å². The van der Waals surface area contributed by atoms with Crippen LogP contribution < -0.4 is 5.32 Å². The first-order valence-electron chi connectivity index (χ1n) is 5.47. The molecule has 0 spiro atoms. The fourth-order valence-electron chi connectivity index (χ4n) is 1.25. The second kappa shape index (κ2) is 8.25. The number of hydrogen-bond donors (Lipinski definition) is 1. The summed E-state index contributed by atoms with van der Waals surface area (Å²) in [6.45, 7) is 5.32. The topological polar surface area (TPSA) is 38.3 Å². The minimum Gasteiger partial charge on any atom is -0.379 e. The number of ether oxygens (including phenoxy) is 1. The van der Waals surface area contributed by atoms with E-state index in [1.807, 2.05) is 30.3 Å². The van der Waals surface area contributed by atoms with Crippen LogP contribution in [0.4, 0.5) is 0 Å². The number of benzene rings is 1. The van der Waals surface area contributed by atoms with Crippen molar-refractivity contribution in [3.63, 3.8) is 0 Å². The van der Waals surface area contributed by atoms with E-state index >= 15 is 0 Å². The van der Waals surface area contributed by atoms with Crippen LogP contribution in [0.5, 0.6) is 0 Å². The van der Waals surface area contributed by atoms with Gasteiger partial charge in [-0.05, 0) is 41.1 Å². The van der Waals surface area contributed by atoms with E-state index in [4.69, 9.17) is 4.74 Å². The predicted octanol–water partition coefficient (Wildman–Crippen LogP) is 2.61. The van der Waals surface area contributed by atoms with E-state index in [9.17, 15) is 4.79 Å². The third-order valence-electron chi connectivity index (χ3n) is 2.12. The first kappa shape index (κ1) is 14.2. The van der Waals surface area contributed by atoms with Crippen molar-refractivity contribution in [2.45, 2.75) is 6.42 Å². The van der Waals surface area contributed by atoms with Gasteiger partial charge in [-0.15, -0.1) is 6.58 Å². The Morgan fingerprint density at radius 3 is 2.88 bits per heavy atom. The molecule has 0 aliphatic heterocycles. The Kier molecular flexibility index (Phi) is 6.88. The summed E-state index contributed by atoms with van der Waals surface area (Å²) >= 11 is 2.15. The van der Waals surface area contributed by atoms with E-state index in [0.717, 1.165) is 9.99 Å². The minimum atomic E-state index is -0.0534. The predicted molar refractivity (Wildman–Crippen MR) is 77.1 cm³/mol. The van der Waals surface area contributed by atoms with Crippen molar-refractivity contribution in [1.29, 1.82) is 0 Å². The van der Waals surface area contributed by atoms with Gasteiger partial charge in [-0.25, -0.2) is 0 Å². The van der Waals surface area contributed by atoms with Gasteiger partial charge in [0.15, 0.2) is 0 Å². The molecule has 0 saturated heterocycles. The second-order valence-electron chi connectivity index (χ2n) is 3.43. The Morgan fingerprint density at radius 1 is 1.41 bits per heavy atom. The molecule has 0 fully saturated rings. The van der Waals surface area contributed by atoms with Gasteiger partial charge in [0, 0.05) is 10.1 Å². The smallest absolute Gasteiger partial charge is 0.252 e. The van der Waals surface area contributed by atoms with Gasteiger partial charge in [-0.1, -0.05) is 18.2 Å². The van der Waals surface area contributed by atoms with Gasteiger partial charge >= 0.3 is 0 Å². The van der Waals surface area contributed by atoms with E-state index in [0.29, 0.717) is 25.3 Å². The molecule has 1 rings (SSSR count). The molecule has 0 radical (unpaired) electrons. The zero-order chi connectivity index (χ0) is 12.5. The molecule has 1 N–H and O–H groups in total. The average molecular weight is 345 g/mol. The molecule has 4 heteroatoms. The van der Waals surface area contributed by atoms with Crippen molar-refractivity contribution in [3.8, 4) is 0 Å². The maximum absolute atomic E-state index is 11.8. The van der Waals surface area contributed by atoms with Gasteiger partial charge < -0.3 is 10.1 Å². The van der Waals surface area contributed by atoms with Gasteiger partial charge in [-0.3, -0.25) is 4.79 Å². The van der Waals surface area contributed by atoms with Gasteiger partial charge in [0.25, 0.3) is 5.91 Å². The van der Waals surface area contributed by atoms with E-state index in [1.165, 1.54) is 0 Å². The number of halogens is 1. The van der Waals surface area contributed by atoms with Crippen LogP contribution in [0.1, 0.15) is 16.8 Å². The molecule has 1 aromatic rings. The Balaban J connectivity index is 2.26. The van der Waals surface area contributed by atoms with Crippen molar-refractivity contribution < 1.29 is 9.53 Å². The standard InChI is InChI=1S/C13H16INO2/c1-2-3-9-17-10-8-15-13(16)11-6-4-5-7-12(11)14/h2,4-7H,1,3,8-10H2,(H,15,16). The molecule has 0 saturated carbocycles. The summed E-state index contributed by atoms with van der Waals surface area (Å²) in [7, 11) is 0. The lowest BCUT2D eigenvalue weighted by molar-refractivity contribution is 0.0917. The maximum atomic E-state index is 11.8. The molecule has 0 aliphatic carbocycles. The average Bonchev–Trinajstić information content (AvgIpc) is 2.34. The van der Waals surface area contributed by atoms with Gasteiger partial charge in [0.2, 0.25) is 0 Å². The van der Waals surface area contributed by atoms with Crippen LogP contribution in [0.3, 0.4) is 0 Å². The SMILES string of the molecule is C=CCCOCCNC(=O)c1ccccc1I. The molecule has 0 aromatic heterocycles. The third-order valence-corrected chi connectivity index (χ3v) is 3.06. The van der Waals surface area contributed by atoms with Crippen molar-refractivity contribution in [2.75, 3.05) is 19.8 Å². The summed E-state index contributed by atoms with van der Waals surface area (Å²) in [6, 6.07) is 7.50. The summed E-state index contributed by atoms with van der Waals surface area (Å²) in [5, 5.41) is 2.82. The molecule has 17 heavy (non-hydrogen) atoms. The van der Waals surface area contributed by atoms with Crippen LogP contribution in [0, 0.1) is 3.57 Å². The highest BCUT2D eigenvalue weighted by molar-refractivity contribution is 14.1. The summed E-state index contributed by atoms with van der Waals surface area (Å²) in [5.74, 6) is -0.0534. The normalized spacial score (nSPS) is 9.94. The molecule has 1 aromatic carbocycles. The number of carbonyl (C=O) groups is 1. The highest BCUT2D eigenvalue weighted by Crippen LogP contribution is 2.10. The van der Waals surface area contributed by atoms with Gasteiger partial charge in [0.05, 0.1) is 18.8 Å². The molecule has 0 bridgehead atoms. The molecular weight excluding hydrogens is 329 g/mol. The van der Waals surface area contributed by atoms with Crippen molar-refractivity contribution in [1.82, 2.24) is 5.32 Å². The van der Waals surface area contributed by atoms with Crippen LogP contribution in [0.15, 0.2) is 36.9 Å². The number of amides is 1. The molecular formula is C13H16INO2. The highest BCUT2D eigenvalue weighted by Gasteiger charge is 2.07. The summed E-state index contributed by atoms with van der Waals surface area (Å²) in [5.41, 5.74) is 0.708. The molecule has 3 nitrogen and oxygen atoms in total. The van der Waals surface area contributed by atoms with E-state index in [-0.39, 0.29) is 5.91 Å². The Morgan fingerprint density at radius 2 is 2.18 bits per heavy atom. The quantitative estimate of drug-likeness (QED) is 0.469. The third kappa shape index (κ3) is 5.32. The Bertz CT molecular complexity index is 379. The summed E-state index contributed by atoms with van der Waals surface area (Å²) in [4.78, 5) is 11.8. The largest absolute Gasteiger partial charge is 0.379 e. The van der Waals surface area contributed by atoms with E-state index < -0.39 is 0 Å². The molecule has 0 atom stereocenters. The molecule has 92 valence electrons. The van der Waals surface area contributed by atoms with Gasteiger partial charge in [0.1, 0.15) is 0 Å². The molecule has 0 unspecified atom stereocenters. The fourth-order valence-corrected chi connectivity index (χ4v) is 1.88. The number of nitrogens with one attached hydrogen (secondary N) is 1. The number of rotatable bonds is 7. The molecule has 0 aliphatic rings. The zero-order valence-electron chi connectivity index (χ0n) is 9.62. The van der Waals surface area contributed by atoms with Crippen LogP contribution in [0.25, 0.3) is 0 Å². The minimum absolute atomic E-state index is 0.0534. The highest BCUT2D eigenvalue weighted by atomic mass is 127. The van der Waals surface area contributed by atoms with E-state index in [2.05, 4.69) is 34.5 Å². The van der Waals surface area contributed by atoms with Crippen LogP contribution in [-0.2, 0) is 4.74 Å². The number of carbonyl (C=O) groups excluding carboxylic acids is 1. The lowest BCUT2D eigenvalue weighted by atomic mass is 10.2. The monoisotopic (exact) mass is 345 g/mol. The maximum Gasteiger partial charge on any atom is 0.252 e. The lowest BCUT2D eigenvalue weighted by Crippen LogP contribution is -2.27. The second-order valence-corrected chi connectivity index (χ2v) is 4.59. The first-order chi connectivity index (χ1) is 8.25. The van der Waals surface area contributed by atoms with Crippen LogP contribution in [0.2, 0.25) is 0 Å². The Hall–Kier alpha value is -0.880. The lowest BCUT2D eigenvalue weighted by Gasteiger charge is -2.07. The van der Waals surface area contributed by atoms with Crippen LogP contribution in [-0.4, -0.2) is 25.7 Å². The summed E-state index contributed by atoms with van der Waals surface area (Å²) in [6.07, 6.45) is 2.65. The van der Waals surface area contributed by atoms with Gasteiger partial charge in [-0.2, -0.15) is 0 Å². The van der Waals surface area contributed by atoms with Crippen molar-refractivity contribution in [3.05, 3.63) is 46.1 Å². The number of hydrogen-bond acceptors (Lipinski definition) is 2. The molecule has 1 amide bonds. The summed E-state index contributed by atoms with van der Waals surface area (Å²) < 4.78 is 6.26. The zero-order valence-corrected chi connectivity index (χ0v) is 11.8.